The van der Waals surface area contributed by atoms with Crippen molar-refractivity contribution in [3.05, 3.63) is 28.2 Å². The molecular weight excluding hydrogens is 372 g/mol. The van der Waals surface area contributed by atoms with E-state index in [-0.39, 0.29) is 14.9 Å². The normalized spacial score (nSPS) is 21.0. The molecule has 0 unspecified atom stereocenters. The lowest BCUT2D eigenvalue weighted by Gasteiger charge is -2.34. The van der Waals surface area contributed by atoms with E-state index in [9.17, 15) is 13.2 Å². The molecule has 1 aromatic rings. The molecule has 1 N–H and O–H groups in total. The Morgan fingerprint density at radius 3 is 2.32 bits per heavy atom. The van der Waals surface area contributed by atoms with E-state index in [1.165, 1.54) is 35.3 Å². The summed E-state index contributed by atoms with van der Waals surface area (Å²) in [6.07, 6.45) is 2.43. The van der Waals surface area contributed by atoms with Crippen molar-refractivity contribution in [2.75, 3.05) is 26.2 Å². The summed E-state index contributed by atoms with van der Waals surface area (Å²) in [5.41, 5.74) is 0.0596. The van der Waals surface area contributed by atoms with Crippen molar-refractivity contribution in [1.29, 1.82) is 0 Å². The molecule has 2 aliphatic rings. The summed E-state index contributed by atoms with van der Waals surface area (Å²) in [4.78, 5) is 13.4. The Morgan fingerprint density at radius 2 is 1.82 bits per heavy atom. The third-order valence-electron chi connectivity index (χ3n) is 4.13. The van der Waals surface area contributed by atoms with E-state index < -0.39 is 16.0 Å². The molecule has 1 saturated carbocycles. The van der Waals surface area contributed by atoms with Crippen molar-refractivity contribution < 1.29 is 18.3 Å². The van der Waals surface area contributed by atoms with Crippen molar-refractivity contribution >= 4 is 31.9 Å². The number of aromatic carboxylic acids is 1. The number of hydrogen-bond acceptors (Lipinski definition) is 4. The second kappa shape index (κ2) is 5.92. The summed E-state index contributed by atoms with van der Waals surface area (Å²) < 4.78 is 27.2. The standard InChI is InChI=1S/C14H17BrN2O4S/c15-12-9-10(14(18)19)1-4-13(12)22(20,21)17-7-5-16(6-8-17)11-2-3-11/h1,4,9,11H,2-3,5-8H2,(H,18,19). The summed E-state index contributed by atoms with van der Waals surface area (Å²) in [5.74, 6) is -1.08. The van der Waals surface area contributed by atoms with Crippen molar-refractivity contribution in [2.45, 2.75) is 23.8 Å². The smallest absolute Gasteiger partial charge is 0.335 e. The summed E-state index contributed by atoms with van der Waals surface area (Å²) >= 11 is 3.18. The number of rotatable bonds is 4. The number of carboxylic acids is 1. The summed E-state index contributed by atoms with van der Waals surface area (Å²) in [6.45, 7) is 2.47. The largest absolute Gasteiger partial charge is 0.478 e. The molecule has 0 spiro atoms. The Bertz CT molecular complexity index is 695. The molecule has 22 heavy (non-hydrogen) atoms. The van der Waals surface area contributed by atoms with Crippen LogP contribution in [0.25, 0.3) is 0 Å². The molecule has 2 fully saturated rings. The molecule has 1 aliphatic heterocycles. The lowest BCUT2D eigenvalue weighted by Crippen LogP contribution is -2.49. The fourth-order valence-electron chi connectivity index (χ4n) is 2.73. The van der Waals surface area contributed by atoms with Gasteiger partial charge in [-0.3, -0.25) is 4.90 Å². The van der Waals surface area contributed by atoms with Gasteiger partial charge in [0.2, 0.25) is 10.0 Å². The van der Waals surface area contributed by atoms with Crippen LogP contribution in [0.4, 0.5) is 0 Å². The molecule has 0 bridgehead atoms. The molecule has 1 heterocycles. The number of nitrogens with zero attached hydrogens (tertiary/aromatic N) is 2. The van der Waals surface area contributed by atoms with Crippen molar-refractivity contribution in [2.24, 2.45) is 0 Å². The molecule has 3 rings (SSSR count). The zero-order valence-corrected chi connectivity index (χ0v) is 14.3. The first-order valence-corrected chi connectivity index (χ1v) is 9.40. The molecule has 120 valence electrons. The van der Waals surface area contributed by atoms with Gasteiger partial charge in [0.15, 0.2) is 0 Å². The molecule has 1 aromatic carbocycles. The van der Waals surface area contributed by atoms with Crippen molar-refractivity contribution in [1.82, 2.24) is 9.21 Å². The minimum atomic E-state index is -3.60. The van der Waals surface area contributed by atoms with Crippen LogP contribution in [0.1, 0.15) is 23.2 Å². The highest BCUT2D eigenvalue weighted by Crippen LogP contribution is 2.30. The van der Waals surface area contributed by atoms with Crippen LogP contribution >= 0.6 is 15.9 Å². The van der Waals surface area contributed by atoms with E-state index in [1.807, 2.05) is 0 Å². The van der Waals surface area contributed by atoms with Gasteiger partial charge in [-0.25, -0.2) is 13.2 Å². The zero-order chi connectivity index (χ0) is 15.9. The number of hydrogen-bond donors (Lipinski definition) is 1. The van der Waals surface area contributed by atoms with Gasteiger partial charge >= 0.3 is 5.97 Å². The van der Waals surface area contributed by atoms with Gasteiger partial charge in [0.05, 0.1) is 10.5 Å². The first-order valence-electron chi connectivity index (χ1n) is 7.16. The van der Waals surface area contributed by atoms with Crippen molar-refractivity contribution in [3.8, 4) is 0 Å². The predicted molar refractivity (Wildman–Crippen MR) is 84.5 cm³/mol. The maximum absolute atomic E-state index is 12.7. The molecule has 8 heteroatoms. The van der Waals surface area contributed by atoms with Crippen molar-refractivity contribution in [3.63, 3.8) is 0 Å². The summed E-state index contributed by atoms with van der Waals surface area (Å²) in [5, 5.41) is 8.95. The lowest BCUT2D eigenvalue weighted by molar-refractivity contribution is 0.0696. The van der Waals surface area contributed by atoms with Gasteiger partial charge in [0, 0.05) is 36.7 Å². The minimum absolute atomic E-state index is 0.0596. The molecule has 0 aromatic heterocycles. The van der Waals surface area contributed by atoms with E-state index in [0.29, 0.717) is 19.1 Å². The Balaban J connectivity index is 1.79. The highest BCUT2D eigenvalue weighted by Gasteiger charge is 2.35. The van der Waals surface area contributed by atoms with Crippen LogP contribution in [0.2, 0.25) is 0 Å². The average Bonchev–Trinajstić information content (AvgIpc) is 3.31. The van der Waals surface area contributed by atoms with Gasteiger partial charge in [0.25, 0.3) is 0 Å². The number of halogens is 1. The number of carbonyl (C=O) groups is 1. The van der Waals surface area contributed by atoms with E-state index in [2.05, 4.69) is 20.8 Å². The van der Waals surface area contributed by atoms with E-state index in [0.717, 1.165) is 13.1 Å². The monoisotopic (exact) mass is 388 g/mol. The topological polar surface area (TPSA) is 77.9 Å². The number of sulfonamides is 1. The maximum Gasteiger partial charge on any atom is 0.335 e. The number of piperazine rings is 1. The van der Waals surface area contributed by atoms with Gasteiger partial charge in [0.1, 0.15) is 0 Å². The quantitative estimate of drug-likeness (QED) is 0.847. The summed E-state index contributed by atoms with van der Waals surface area (Å²) in [7, 11) is -3.60. The van der Waals surface area contributed by atoms with Gasteiger partial charge < -0.3 is 5.11 Å². The van der Waals surface area contributed by atoms with E-state index >= 15 is 0 Å². The molecule has 6 nitrogen and oxygen atoms in total. The lowest BCUT2D eigenvalue weighted by atomic mass is 10.2. The minimum Gasteiger partial charge on any atom is -0.478 e. The molecule has 0 radical (unpaired) electrons. The summed E-state index contributed by atoms with van der Waals surface area (Å²) in [6, 6.07) is 4.65. The zero-order valence-electron chi connectivity index (χ0n) is 11.9. The van der Waals surface area contributed by atoms with E-state index in [4.69, 9.17) is 5.11 Å². The van der Waals surface area contributed by atoms with Crippen LogP contribution in [0.5, 0.6) is 0 Å². The highest BCUT2D eigenvalue weighted by molar-refractivity contribution is 9.10. The third-order valence-corrected chi connectivity index (χ3v) is 7.01. The predicted octanol–water partition coefficient (Wildman–Crippen LogP) is 1.62. The Labute approximate surface area is 137 Å². The van der Waals surface area contributed by atoms with Crippen LogP contribution in [0.15, 0.2) is 27.6 Å². The number of benzene rings is 1. The Hall–Kier alpha value is -0.960. The van der Waals surface area contributed by atoms with Gasteiger partial charge in [-0.2, -0.15) is 4.31 Å². The first-order chi connectivity index (χ1) is 10.4. The fourth-order valence-corrected chi connectivity index (χ4v) is 5.19. The van der Waals surface area contributed by atoms with Crippen LogP contribution < -0.4 is 0 Å². The van der Waals surface area contributed by atoms with Gasteiger partial charge in [-0.05, 0) is 47.0 Å². The Morgan fingerprint density at radius 1 is 1.18 bits per heavy atom. The second-order valence-corrected chi connectivity index (χ2v) is 8.38. The Kier molecular flexibility index (Phi) is 4.28. The van der Waals surface area contributed by atoms with Crippen LogP contribution in [-0.2, 0) is 10.0 Å². The molecule has 0 amide bonds. The van der Waals surface area contributed by atoms with Gasteiger partial charge in [-0.1, -0.05) is 0 Å². The SMILES string of the molecule is O=C(O)c1ccc(S(=O)(=O)N2CCN(C3CC3)CC2)c(Br)c1. The molecule has 1 saturated heterocycles. The van der Waals surface area contributed by atoms with E-state index in [1.54, 1.807) is 0 Å². The fraction of sp³-hybridized carbons (Fsp3) is 0.500. The molecular formula is C14H17BrN2O4S. The number of carboxylic acid groups (broad SMARTS) is 1. The van der Waals surface area contributed by atoms with Crippen LogP contribution in [0, 0.1) is 0 Å². The average molecular weight is 389 g/mol. The van der Waals surface area contributed by atoms with Gasteiger partial charge in [-0.15, -0.1) is 0 Å². The molecule has 0 atom stereocenters. The third kappa shape index (κ3) is 3.05. The first kappa shape index (κ1) is 15.9. The van der Waals surface area contributed by atoms with Crippen LogP contribution in [0.3, 0.4) is 0 Å². The highest BCUT2D eigenvalue weighted by atomic mass is 79.9. The van der Waals surface area contributed by atoms with Crippen LogP contribution in [-0.4, -0.2) is 60.9 Å². The second-order valence-electron chi connectivity index (χ2n) is 5.62. The maximum atomic E-state index is 12.7. The molecule has 1 aliphatic carbocycles.